The summed E-state index contributed by atoms with van der Waals surface area (Å²) in [6.07, 6.45) is 13.8. The van der Waals surface area contributed by atoms with Crippen LogP contribution < -0.4 is 0 Å². The summed E-state index contributed by atoms with van der Waals surface area (Å²) < 4.78 is 51.3. The number of rotatable bonds is 15. The van der Waals surface area contributed by atoms with Gasteiger partial charge in [0.05, 0.1) is 43.2 Å². The Balaban J connectivity index is 0.897. The molecule has 7 aliphatic heterocycles. The SMILES string of the molecule is C=C1C(O)C2OC3(CCC(C=CC(C)C4CC(C)=CC5(OC(CC(C)(O)C(=O)OCC(C)=CC(C)=CCCO)CCC5O)O4)O3)CCC2OC1C(O)CC(C)C1OC2(CCCCO2)CCC1C. The van der Waals surface area contributed by atoms with Gasteiger partial charge in [0.1, 0.15) is 31.0 Å². The summed E-state index contributed by atoms with van der Waals surface area (Å²) in [7, 11) is 0. The number of allylic oxidation sites excluding steroid dienone is 2. The summed E-state index contributed by atoms with van der Waals surface area (Å²) in [6, 6.07) is 0. The number of ether oxygens (including phenoxy) is 8. The highest BCUT2D eigenvalue weighted by Gasteiger charge is 2.55. The predicted molar refractivity (Wildman–Crippen MR) is 250 cm³/mol. The molecule has 5 N–H and O–H groups in total. The molecule has 0 amide bonds. The monoisotopic (exact) mass is 943 g/mol. The van der Waals surface area contributed by atoms with Gasteiger partial charge >= 0.3 is 5.97 Å². The van der Waals surface area contributed by atoms with Gasteiger partial charge in [-0.25, -0.2) is 4.79 Å². The van der Waals surface area contributed by atoms with Crippen molar-refractivity contribution >= 4 is 5.97 Å². The lowest BCUT2D eigenvalue weighted by molar-refractivity contribution is -0.321. The number of carbonyl (C=O) groups excluding carboxylic acids is 1. The molecule has 7 heterocycles. The molecule has 7 aliphatic rings. The van der Waals surface area contributed by atoms with Gasteiger partial charge in [0.25, 0.3) is 0 Å². The van der Waals surface area contributed by atoms with Crippen molar-refractivity contribution in [2.75, 3.05) is 19.8 Å². The Bertz CT molecular complexity index is 1830. The molecule has 0 aromatic heterocycles. The highest BCUT2D eigenvalue weighted by Crippen LogP contribution is 2.47. The number of esters is 1. The quantitative estimate of drug-likeness (QED) is 0.0644. The highest BCUT2D eigenvalue weighted by atomic mass is 16.7. The molecule has 7 rings (SSSR count). The smallest absolute Gasteiger partial charge is 0.338 e. The van der Waals surface area contributed by atoms with Crippen LogP contribution in [-0.4, -0.2) is 135 Å². The minimum atomic E-state index is -1.83. The van der Waals surface area contributed by atoms with Crippen molar-refractivity contribution in [2.24, 2.45) is 17.8 Å². The molecular formula is C53H82O14. The summed E-state index contributed by atoms with van der Waals surface area (Å²) in [5, 5.41) is 54.9. The van der Waals surface area contributed by atoms with E-state index in [4.69, 9.17) is 43.0 Å². The van der Waals surface area contributed by atoms with E-state index >= 15 is 0 Å². The average Bonchev–Trinajstić information content (AvgIpc) is 3.68. The van der Waals surface area contributed by atoms with Crippen molar-refractivity contribution in [2.45, 2.75) is 229 Å². The number of carbonyl (C=O) groups is 1. The van der Waals surface area contributed by atoms with Crippen LogP contribution in [0.1, 0.15) is 145 Å². The van der Waals surface area contributed by atoms with Gasteiger partial charge in [-0.1, -0.05) is 62.8 Å². The van der Waals surface area contributed by atoms with Crippen molar-refractivity contribution in [1.82, 2.24) is 0 Å². The summed E-state index contributed by atoms with van der Waals surface area (Å²) >= 11 is 0. The first-order chi connectivity index (χ1) is 31.8. The van der Waals surface area contributed by atoms with Crippen LogP contribution >= 0.6 is 0 Å². The molecule has 67 heavy (non-hydrogen) atoms. The van der Waals surface area contributed by atoms with Crippen LogP contribution in [0.4, 0.5) is 0 Å². The zero-order valence-corrected chi connectivity index (χ0v) is 41.2. The Kier molecular flexibility index (Phi) is 17.2. The minimum Gasteiger partial charge on any atom is -0.459 e. The van der Waals surface area contributed by atoms with Gasteiger partial charge in [0.15, 0.2) is 17.2 Å². The Labute approximate surface area is 398 Å². The average molecular weight is 943 g/mol. The second kappa shape index (κ2) is 22.0. The number of hydrogen-bond acceptors (Lipinski definition) is 14. The van der Waals surface area contributed by atoms with Crippen LogP contribution in [0.15, 0.2) is 59.3 Å². The van der Waals surface area contributed by atoms with Crippen LogP contribution in [0.2, 0.25) is 0 Å². The molecule has 3 spiro atoms. The fourth-order valence-electron chi connectivity index (χ4n) is 11.7. The zero-order valence-electron chi connectivity index (χ0n) is 41.2. The van der Waals surface area contributed by atoms with Crippen LogP contribution in [0.25, 0.3) is 0 Å². The topological polar surface area (TPSA) is 192 Å². The van der Waals surface area contributed by atoms with Gasteiger partial charge < -0.3 is 63.4 Å². The molecule has 17 unspecified atom stereocenters. The first-order valence-electron chi connectivity index (χ1n) is 25.4. The summed E-state index contributed by atoms with van der Waals surface area (Å²) in [4.78, 5) is 13.1. The van der Waals surface area contributed by atoms with Gasteiger partial charge in [-0.05, 0) is 121 Å². The third kappa shape index (κ3) is 12.4. The van der Waals surface area contributed by atoms with Crippen molar-refractivity contribution < 1.29 is 68.2 Å². The van der Waals surface area contributed by atoms with Crippen LogP contribution in [0, 0.1) is 17.8 Å². The standard InChI is InChI=1S/C53H82O14/c1-32(12-11-24-54)26-34(3)31-60-49(58)50(8,59)30-40-15-16-44(56)53(64-40)29-33(2)27-43(65-53)35(4)13-14-39-18-22-52(63-39)23-19-42-48(67-52)45(57)38(7)47(62-42)41(55)28-37(6)46-36(5)17-21-51(66-46)20-9-10-25-61-51/h12-14,26,29,35-37,39-48,54-57,59H,7,9-11,15-25,27-28,30-31H2,1-6,8H3. The maximum atomic E-state index is 13.1. The van der Waals surface area contributed by atoms with E-state index < -0.39 is 71.7 Å². The fourth-order valence-corrected chi connectivity index (χ4v) is 11.7. The molecule has 0 aliphatic carbocycles. The molecule has 14 nitrogen and oxygen atoms in total. The lowest BCUT2D eigenvalue weighted by Crippen LogP contribution is -2.60. The van der Waals surface area contributed by atoms with E-state index in [9.17, 15) is 25.2 Å². The van der Waals surface area contributed by atoms with E-state index in [0.717, 1.165) is 61.9 Å². The van der Waals surface area contributed by atoms with E-state index in [1.165, 1.54) is 6.92 Å². The maximum absolute atomic E-state index is 13.1. The second-order valence-electron chi connectivity index (χ2n) is 21.6. The third-order valence-electron chi connectivity index (χ3n) is 15.5. The van der Waals surface area contributed by atoms with E-state index in [1.807, 2.05) is 45.1 Å². The summed E-state index contributed by atoms with van der Waals surface area (Å²) in [5.74, 6) is -3.30. The molecule has 17 atom stereocenters. The van der Waals surface area contributed by atoms with Crippen LogP contribution in [0.3, 0.4) is 0 Å². The van der Waals surface area contributed by atoms with E-state index in [1.54, 1.807) is 0 Å². The third-order valence-corrected chi connectivity index (χ3v) is 15.5. The Hall–Kier alpha value is -2.31. The van der Waals surface area contributed by atoms with Gasteiger partial charge in [-0.2, -0.15) is 0 Å². The minimum absolute atomic E-state index is 0.0149. The molecule has 6 saturated heterocycles. The molecule has 0 aromatic rings. The van der Waals surface area contributed by atoms with Crippen molar-refractivity contribution in [1.29, 1.82) is 0 Å². The molecule has 6 fully saturated rings. The van der Waals surface area contributed by atoms with Crippen molar-refractivity contribution in [3.05, 3.63) is 59.3 Å². The molecular weight excluding hydrogens is 861 g/mol. The first-order valence-corrected chi connectivity index (χ1v) is 25.4. The van der Waals surface area contributed by atoms with Crippen molar-refractivity contribution in [3.63, 3.8) is 0 Å². The van der Waals surface area contributed by atoms with E-state index in [-0.39, 0.29) is 49.8 Å². The number of aliphatic hydroxyl groups excluding tert-OH is 4. The van der Waals surface area contributed by atoms with Gasteiger partial charge in [-0.15, -0.1) is 0 Å². The van der Waals surface area contributed by atoms with Gasteiger partial charge in [0.2, 0.25) is 5.79 Å². The van der Waals surface area contributed by atoms with Gasteiger partial charge in [0, 0.05) is 44.6 Å². The van der Waals surface area contributed by atoms with E-state index in [0.29, 0.717) is 62.9 Å². The normalized spacial score (nSPS) is 41.0. The largest absolute Gasteiger partial charge is 0.459 e. The number of fused-ring (bicyclic) bond motifs is 1. The van der Waals surface area contributed by atoms with Crippen LogP contribution in [-0.2, 0) is 42.7 Å². The Morgan fingerprint density at radius 2 is 1.76 bits per heavy atom. The zero-order chi connectivity index (χ0) is 48.3. The lowest BCUT2D eigenvalue weighted by Gasteiger charge is -2.50. The predicted octanol–water partition coefficient (Wildman–Crippen LogP) is 6.95. The molecule has 0 saturated carbocycles. The highest BCUT2D eigenvalue weighted by molar-refractivity contribution is 5.78. The molecule has 14 heteroatoms. The van der Waals surface area contributed by atoms with Crippen LogP contribution in [0.5, 0.6) is 0 Å². The number of aliphatic hydroxyl groups is 5. The van der Waals surface area contributed by atoms with Gasteiger partial charge in [-0.3, -0.25) is 0 Å². The molecule has 378 valence electrons. The number of hydrogen-bond donors (Lipinski definition) is 5. The van der Waals surface area contributed by atoms with E-state index in [2.05, 4.69) is 33.4 Å². The first kappa shape index (κ1) is 52.5. The Morgan fingerprint density at radius 3 is 2.51 bits per heavy atom. The van der Waals surface area contributed by atoms with Crippen molar-refractivity contribution in [3.8, 4) is 0 Å². The summed E-state index contributed by atoms with van der Waals surface area (Å²) in [6.45, 7) is 18.6. The molecule has 0 aromatic carbocycles. The molecule has 0 bridgehead atoms. The summed E-state index contributed by atoms with van der Waals surface area (Å²) in [5.41, 5.74) is 1.33. The second-order valence-corrected chi connectivity index (χ2v) is 21.6. The fraction of sp³-hybridized carbons (Fsp3) is 0.792. The Morgan fingerprint density at radius 1 is 1.00 bits per heavy atom. The molecule has 0 radical (unpaired) electrons. The maximum Gasteiger partial charge on any atom is 0.338 e. The lowest BCUT2D eigenvalue weighted by atomic mass is 9.79.